The summed E-state index contributed by atoms with van der Waals surface area (Å²) < 4.78 is 14.6. The summed E-state index contributed by atoms with van der Waals surface area (Å²) in [5.74, 6) is -1.54. The van der Waals surface area contributed by atoms with Gasteiger partial charge in [-0.2, -0.15) is 0 Å². The lowest BCUT2D eigenvalue weighted by molar-refractivity contribution is 0.0697. The summed E-state index contributed by atoms with van der Waals surface area (Å²) in [6.07, 6.45) is 4.62. The molecule has 2 aliphatic rings. The molecule has 102 valence electrons. The Morgan fingerprint density at radius 3 is 2.42 bits per heavy atom. The van der Waals surface area contributed by atoms with Crippen molar-refractivity contribution in [2.45, 2.75) is 25.7 Å². The van der Waals surface area contributed by atoms with Gasteiger partial charge >= 0.3 is 5.97 Å². The second-order valence-electron chi connectivity index (χ2n) is 5.55. The number of rotatable bonds is 2. The van der Waals surface area contributed by atoms with Crippen LogP contribution in [0.5, 0.6) is 0 Å². The van der Waals surface area contributed by atoms with Crippen molar-refractivity contribution in [3.05, 3.63) is 28.0 Å². The van der Waals surface area contributed by atoms with Crippen molar-refractivity contribution < 1.29 is 14.3 Å². The minimum Gasteiger partial charge on any atom is -0.478 e. The largest absolute Gasteiger partial charge is 0.478 e. The number of carboxylic acids is 1. The predicted octanol–water partition coefficient (Wildman–Crippen LogP) is 3.67. The molecular weight excluding hydrogens is 313 g/mol. The molecule has 1 heterocycles. The normalized spacial score (nSPS) is 20.6. The van der Waals surface area contributed by atoms with Crippen LogP contribution in [0.2, 0.25) is 0 Å². The summed E-state index contributed by atoms with van der Waals surface area (Å²) in [6, 6.07) is 2.92. The van der Waals surface area contributed by atoms with Crippen LogP contribution in [0.25, 0.3) is 0 Å². The van der Waals surface area contributed by atoms with Crippen LogP contribution in [-0.2, 0) is 0 Å². The Morgan fingerprint density at radius 1 is 1.26 bits per heavy atom. The first-order chi connectivity index (χ1) is 9.02. The highest BCUT2D eigenvalue weighted by molar-refractivity contribution is 9.10. The molecule has 3 nitrogen and oxygen atoms in total. The third-order valence-corrected chi connectivity index (χ3v) is 5.01. The van der Waals surface area contributed by atoms with E-state index in [9.17, 15) is 14.3 Å². The van der Waals surface area contributed by atoms with Gasteiger partial charge in [-0.05, 0) is 59.2 Å². The number of halogens is 2. The lowest BCUT2D eigenvalue weighted by atomic mass is 9.93. The van der Waals surface area contributed by atoms with Gasteiger partial charge in [0.05, 0.1) is 15.7 Å². The molecule has 0 amide bonds. The number of carboxylic acid groups (broad SMARTS) is 1. The maximum Gasteiger partial charge on any atom is 0.337 e. The second-order valence-corrected chi connectivity index (χ2v) is 6.40. The summed E-state index contributed by atoms with van der Waals surface area (Å²) in [4.78, 5) is 13.1. The van der Waals surface area contributed by atoms with Gasteiger partial charge in [0.15, 0.2) is 5.82 Å². The Balaban J connectivity index is 1.94. The molecule has 0 aromatic heterocycles. The molecule has 1 N–H and O–H groups in total. The molecule has 0 bridgehead atoms. The number of hydrogen-bond acceptors (Lipinski definition) is 2. The minimum atomic E-state index is -1.08. The van der Waals surface area contributed by atoms with Crippen molar-refractivity contribution in [2.24, 2.45) is 5.41 Å². The molecule has 5 heteroatoms. The predicted molar refractivity (Wildman–Crippen MR) is 74.2 cm³/mol. The zero-order valence-electron chi connectivity index (χ0n) is 10.5. The SMILES string of the molecule is O=C(O)c1ccc(Br)c(F)c1N1CCC2(CC1)CC2. The van der Waals surface area contributed by atoms with Crippen LogP contribution in [-0.4, -0.2) is 24.2 Å². The maximum atomic E-state index is 14.3. The van der Waals surface area contributed by atoms with Gasteiger partial charge in [-0.15, -0.1) is 0 Å². The molecular formula is C14H15BrFNO2. The fraction of sp³-hybridized carbons (Fsp3) is 0.500. The van der Waals surface area contributed by atoms with E-state index in [2.05, 4.69) is 15.9 Å². The van der Waals surface area contributed by atoms with Crippen LogP contribution in [0.4, 0.5) is 10.1 Å². The number of carbonyl (C=O) groups is 1. The Kier molecular flexibility index (Phi) is 3.04. The number of aromatic carboxylic acids is 1. The monoisotopic (exact) mass is 327 g/mol. The van der Waals surface area contributed by atoms with Crippen LogP contribution in [0.3, 0.4) is 0 Å². The number of nitrogens with zero attached hydrogens (tertiary/aromatic N) is 1. The first kappa shape index (κ1) is 12.9. The van der Waals surface area contributed by atoms with E-state index >= 15 is 0 Å². The van der Waals surface area contributed by atoms with E-state index in [0.717, 1.165) is 25.9 Å². The lowest BCUT2D eigenvalue weighted by Crippen LogP contribution is -2.36. The summed E-state index contributed by atoms with van der Waals surface area (Å²) in [6.45, 7) is 1.49. The van der Waals surface area contributed by atoms with E-state index in [1.807, 2.05) is 4.90 Å². The molecule has 0 unspecified atom stereocenters. The van der Waals surface area contributed by atoms with Crippen molar-refractivity contribution in [3.8, 4) is 0 Å². The summed E-state index contributed by atoms with van der Waals surface area (Å²) in [5.41, 5.74) is 0.771. The van der Waals surface area contributed by atoms with E-state index in [4.69, 9.17) is 0 Å². The standard InChI is InChI=1S/C14H15BrFNO2/c15-10-2-1-9(13(18)19)12(11(10)16)17-7-5-14(3-4-14)6-8-17/h1-2H,3-8H2,(H,18,19). The quantitative estimate of drug-likeness (QED) is 0.901. The van der Waals surface area contributed by atoms with Crippen molar-refractivity contribution in [3.63, 3.8) is 0 Å². The highest BCUT2D eigenvalue weighted by atomic mass is 79.9. The second kappa shape index (κ2) is 4.47. The lowest BCUT2D eigenvalue weighted by Gasteiger charge is -2.34. The number of hydrogen-bond donors (Lipinski definition) is 1. The van der Waals surface area contributed by atoms with Gasteiger partial charge in [0.25, 0.3) is 0 Å². The van der Waals surface area contributed by atoms with Crippen LogP contribution < -0.4 is 4.90 Å². The first-order valence-electron chi connectivity index (χ1n) is 6.49. The van der Waals surface area contributed by atoms with E-state index in [-0.39, 0.29) is 11.3 Å². The van der Waals surface area contributed by atoms with Crippen LogP contribution in [0.15, 0.2) is 16.6 Å². The molecule has 1 saturated carbocycles. The van der Waals surface area contributed by atoms with Crippen molar-refractivity contribution in [1.82, 2.24) is 0 Å². The van der Waals surface area contributed by atoms with Gasteiger partial charge in [-0.25, -0.2) is 9.18 Å². The zero-order valence-corrected chi connectivity index (χ0v) is 12.0. The molecule has 1 aromatic rings. The average Bonchev–Trinajstić information content (AvgIpc) is 3.13. The first-order valence-corrected chi connectivity index (χ1v) is 7.28. The molecule has 1 aliphatic heterocycles. The Bertz CT molecular complexity index is 532. The highest BCUT2D eigenvalue weighted by Crippen LogP contribution is 2.54. The van der Waals surface area contributed by atoms with Gasteiger partial charge in [0.1, 0.15) is 0 Å². The molecule has 1 aliphatic carbocycles. The number of benzene rings is 1. The maximum absolute atomic E-state index is 14.3. The Hall–Kier alpha value is -1.10. The molecule has 0 atom stereocenters. The third kappa shape index (κ3) is 2.24. The molecule has 0 radical (unpaired) electrons. The zero-order chi connectivity index (χ0) is 13.6. The van der Waals surface area contributed by atoms with E-state index in [1.54, 1.807) is 0 Å². The van der Waals surface area contributed by atoms with Crippen molar-refractivity contribution in [2.75, 3.05) is 18.0 Å². The third-order valence-electron chi connectivity index (χ3n) is 4.40. The van der Waals surface area contributed by atoms with Gasteiger partial charge in [0, 0.05) is 13.1 Å². The molecule has 1 spiro atoms. The van der Waals surface area contributed by atoms with Gasteiger partial charge in [0.2, 0.25) is 0 Å². The van der Waals surface area contributed by atoms with Crippen LogP contribution >= 0.6 is 15.9 Å². The van der Waals surface area contributed by atoms with Gasteiger partial charge < -0.3 is 10.0 Å². The Morgan fingerprint density at radius 2 is 1.89 bits per heavy atom. The fourth-order valence-electron chi connectivity index (χ4n) is 2.90. The fourth-order valence-corrected chi connectivity index (χ4v) is 3.22. The van der Waals surface area contributed by atoms with Crippen LogP contribution in [0, 0.1) is 11.2 Å². The molecule has 19 heavy (non-hydrogen) atoms. The summed E-state index contributed by atoms with van der Waals surface area (Å²) in [5, 5.41) is 9.22. The summed E-state index contributed by atoms with van der Waals surface area (Å²) >= 11 is 3.14. The molecule has 2 fully saturated rings. The number of piperidine rings is 1. The topological polar surface area (TPSA) is 40.5 Å². The smallest absolute Gasteiger partial charge is 0.337 e. The highest BCUT2D eigenvalue weighted by Gasteiger charge is 2.45. The molecule has 3 rings (SSSR count). The van der Waals surface area contributed by atoms with Crippen LogP contribution in [0.1, 0.15) is 36.0 Å². The van der Waals surface area contributed by atoms with Crippen molar-refractivity contribution in [1.29, 1.82) is 0 Å². The minimum absolute atomic E-state index is 0.0486. The van der Waals surface area contributed by atoms with Gasteiger partial charge in [-0.1, -0.05) is 0 Å². The van der Waals surface area contributed by atoms with Gasteiger partial charge in [-0.3, -0.25) is 0 Å². The van der Waals surface area contributed by atoms with Crippen molar-refractivity contribution >= 4 is 27.6 Å². The summed E-state index contributed by atoms with van der Waals surface area (Å²) in [7, 11) is 0. The Labute approximate surface area is 119 Å². The molecule has 1 saturated heterocycles. The average molecular weight is 328 g/mol. The van der Waals surface area contributed by atoms with E-state index in [1.165, 1.54) is 25.0 Å². The van der Waals surface area contributed by atoms with E-state index < -0.39 is 11.8 Å². The number of anilines is 1. The molecule has 1 aromatic carbocycles. The van der Waals surface area contributed by atoms with E-state index in [0.29, 0.717) is 9.89 Å².